The molecule has 0 saturated carbocycles. The van der Waals surface area contributed by atoms with E-state index in [2.05, 4.69) is 21.1 Å². The average Bonchev–Trinajstić information content (AvgIpc) is 3.23. The number of ether oxygens (including phenoxy) is 1. The first-order valence-corrected chi connectivity index (χ1v) is 7.09. The van der Waals surface area contributed by atoms with Crippen molar-refractivity contribution in [2.24, 2.45) is 0 Å². The van der Waals surface area contributed by atoms with Gasteiger partial charge in [0.1, 0.15) is 18.1 Å². The molecular weight excluding hydrogens is 354 g/mol. The Kier molecular flexibility index (Phi) is 4.24. The zero-order valence-electron chi connectivity index (χ0n) is 11.2. The van der Waals surface area contributed by atoms with Crippen molar-refractivity contribution in [2.45, 2.75) is 6.61 Å². The molecule has 0 saturated heterocycles. The molecule has 0 aliphatic rings. The molecule has 112 valence electrons. The van der Waals surface area contributed by atoms with Gasteiger partial charge in [-0.15, -0.1) is 0 Å². The molecule has 0 aliphatic carbocycles. The Bertz CT molecular complexity index is 785. The van der Waals surface area contributed by atoms with Gasteiger partial charge in [-0.25, -0.2) is 4.79 Å². The molecule has 22 heavy (non-hydrogen) atoms. The summed E-state index contributed by atoms with van der Waals surface area (Å²) in [6.45, 7) is 0.00916. The minimum atomic E-state index is -0.505. The van der Waals surface area contributed by atoms with Crippen LogP contribution in [0.2, 0.25) is 0 Å². The summed E-state index contributed by atoms with van der Waals surface area (Å²) in [6.07, 6.45) is 4.33. The summed E-state index contributed by atoms with van der Waals surface area (Å²) >= 11 is 3.18. The topological polar surface area (TPSA) is 78.6 Å². The third-order valence-electron chi connectivity index (χ3n) is 2.66. The van der Waals surface area contributed by atoms with E-state index < -0.39 is 5.97 Å². The van der Waals surface area contributed by atoms with E-state index in [0.717, 1.165) is 0 Å². The first kappa shape index (κ1) is 14.4. The van der Waals surface area contributed by atoms with Gasteiger partial charge >= 0.3 is 5.97 Å². The molecule has 7 heteroatoms. The summed E-state index contributed by atoms with van der Waals surface area (Å²) in [6, 6.07) is 8.60. The Labute approximate surface area is 133 Å². The lowest BCUT2D eigenvalue weighted by atomic mass is 10.3. The first-order valence-electron chi connectivity index (χ1n) is 6.30. The number of rotatable bonds is 5. The van der Waals surface area contributed by atoms with Crippen molar-refractivity contribution in [3.63, 3.8) is 0 Å². The van der Waals surface area contributed by atoms with E-state index in [1.54, 1.807) is 30.3 Å². The van der Waals surface area contributed by atoms with Crippen LogP contribution < -0.4 is 0 Å². The number of carbonyl (C=O) groups is 1. The van der Waals surface area contributed by atoms with Crippen LogP contribution in [0.1, 0.15) is 11.5 Å². The SMILES string of the molecule is O=C(/C=C/c1ccc(Br)o1)OCc1cc(-c2ccco2)on1. The van der Waals surface area contributed by atoms with Crippen molar-refractivity contribution in [3.8, 4) is 11.5 Å². The number of halogens is 1. The lowest BCUT2D eigenvalue weighted by molar-refractivity contribution is -0.139. The summed E-state index contributed by atoms with van der Waals surface area (Å²) in [5, 5.41) is 3.80. The van der Waals surface area contributed by atoms with Gasteiger partial charge in [-0.05, 0) is 46.3 Å². The molecule has 0 spiro atoms. The standard InChI is InChI=1S/C15H10BrNO5/c16-14-5-3-11(21-14)4-6-15(18)20-9-10-8-13(22-17-10)12-2-1-7-19-12/h1-8H,9H2/b6-4+. The van der Waals surface area contributed by atoms with Crippen LogP contribution >= 0.6 is 15.9 Å². The van der Waals surface area contributed by atoms with Crippen molar-refractivity contribution >= 4 is 28.0 Å². The Morgan fingerprint density at radius 3 is 2.95 bits per heavy atom. The van der Waals surface area contributed by atoms with Crippen LogP contribution in [0, 0.1) is 0 Å². The van der Waals surface area contributed by atoms with Crippen LogP contribution in [0.15, 0.2) is 60.7 Å². The molecule has 3 aromatic rings. The van der Waals surface area contributed by atoms with Crippen molar-refractivity contribution in [1.82, 2.24) is 5.16 Å². The number of hydrogen-bond donors (Lipinski definition) is 0. The lowest BCUT2D eigenvalue weighted by Crippen LogP contribution is -2.00. The zero-order chi connectivity index (χ0) is 15.4. The Hall–Kier alpha value is -2.54. The summed E-state index contributed by atoms with van der Waals surface area (Å²) in [5.41, 5.74) is 0.494. The summed E-state index contributed by atoms with van der Waals surface area (Å²) in [5.74, 6) is 1.08. The molecule has 3 heterocycles. The van der Waals surface area contributed by atoms with Gasteiger partial charge in [0.25, 0.3) is 0 Å². The van der Waals surface area contributed by atoms with Gasteiger partial charge in [-0.2, -0.15) is 0 Å². The monoisotopic (exact) mass is 363 g/mol. The van der Waals surface area contributed by atoms with Gasteiger partial charge in [-0.3, -0.25) is 0 Å². The van der Waals surface area contributed by atoms with Crippen molar-refractivity contribution < 1.29 is 22.9 Å². The number of hydrogen-bond acceptors (Lipinski definition) is 6. The highest BCUT2D eigenvalue weighted by atomic mass is 79.9. The highest BCUT2D eigenvalue weighted by molar-refractivity contribution is 9.10. The molecule has 0 amide bonds. The third-order valence-corrected chi connectivity index (χ3v) is 3.09. The molecule has 0 radical (unpaired) electrons. The minimum Gasteiger partial charge on any atom is -0.461 e. The molecule has 3 rings (SSSR count). The Balaban J connectivity index is 1.54. The van der Waals surface area contributed by atoms with Gasteiger partial charge in [0.2, 0.25) is 5.76 Å². The van der Waals surface area contributed by atoms with Crippen LogP contribution in [-0.4, -0.2) is 11.1 Å². The number of esters is 1. The first-order chi connectivity index (χ1) is 10.7. The maximum atomic E-state index is 11.6. The fraction of sp³-hybridized carbons (Fsp3) is 0.0667. The van der Waals surface area contributed by atoms with Crippen LogP contribution in [0.4, 0.5) is 0 Å². The maximum absolute atomic E-state index is 11.6. The second-order valence-electron chi connectivity index (χ2n) is 4.24. The van der Waals surface area contributed by atoms with Crippen LogP contribution in [-0.2, 0) is 16.1 Å². The molecule has 0 atom stereocenters. The molecule has 0 aliphatic heterocycles. The van der Waals surface area contributed by atoms with Crippen LogP contribution in [0.3, 0.4) is 0 Å². The lowest BCUT2D eigenvalue weighted by Gasteiger charge is -1.96. The van der Waals surface area contributed by atoms with Gasteiger partial charge in [0.15, 0.2) is 10.4 Å². The van der Waals surface area contributed by atoms with E-state index in [9.17, 15) is 4.79 Å². The largest absolute Gasteiger partial charge is 0.461 e. The van der Waals surface area contributed by atoms with E-state index in [1.807, 2.05) is 0 Å². The van der Waals surface area contributed by atoms with E-state index in [1.165, 1.54) is 18.4 Å². The molecule has 6 nitrogen and oxygen atoms in total. The molecule has 0 bridgehead atoms. The fourth-order valence-corrected chi connectivity index (χ4v) is 2.00. The van der Waals surface area contributed by atoms with E-state index >= 15 is 0 Å². The fourth-order valence-electron chi connectivity index (χ4n) is 1.68. The van der Waals surface area contributed by atoms with Crippen molar-refractivity contribution in [2.75, 3.05) is 0 Å². The van der Waals surface area contributed by atoms with E-state index in [-0.39, 0.29) is 6.61 Å². The second-order valence-corrected chi connectivity index (χ2v) is 5.02. The molecular formula is C15H10BrNO5. The van der Waals surface area contributed by atoms with E-state index in [4.69, 9.17) is 18.1 Å². The predicted octanol–water partition coefficient (Wildman–Crippen LogP) is 4.05. The van der Waals surface area contributed by atoms with Crippen LogP contribution in [0.25, 0.3) is 17.6 Å². The highest BCUT2D eigenvalue weighted by Gasteiger charge is 2.10. The quantitative estimate of drug-likeness (QED) is 0.502. The molecule has 0 unspecified atom stereocenters. The molecule has 0 fully saturated rings. The Morgan fingerprint density at radius 1 is 1.32 bits per heavy atom. The predicted molar refractivity (Wildman–Crippen MR) is 79.4 cm³/mol. The summed E-state index contributed by atoms with van der Waals surface area (Å²) in [4.78, 5) is 11.6. The van der Waals surface area contributed by atoms with Gasteiger partial charge in [0, 0.05) is 12.1 Å². The van der Waals surface area contributed by atoms with Crippen molar-refractivity contribution in [1.29, 1.82) is 0 Å². The molecule has 3 aromatic heterocycles. The smallest absolute Gasteiger partial charge is 0.331 e. The number of furan rings is 2. The van der Waals surface area contributed by atoms with E-state index in [0.29, 0.717) is 27.6 Å². The van der Waals surface area contributed by atoms with Gasteiger partial charge in [-0.1, -0.05) is 5.16 Å². The van der Waals surface area contributed by atoms with Crippen LogP contribution in [0.5, 0.6) is 0 Å². The average molecular weight is 364 g/mol. The van der Waals surface area contributed by atoms with Crippen molar-refractivity contribution in [3.05, 3.63) is 58.8 Å². The maximum Gasteiger partial charge on any atom is 0.331 e. The van der Waals surface area contributed by atoms with Gasteiger partial charge in [0.05, 0.1) is 6.26 Å². The number of aromatic nitrogens is 1. The third kappa shape index (κ3) is 3.56. The summed E-state index contributed by atoms with van der Waals surface area (Å²) < 4.78 is 21.2. The zero-order valence-corrected chi connectivity index (χ0v) is 12.8. The second kappa shape index (κ2) is 6.48. The van der Waals surface area contributed by atoms with Gasteiger partial charge < -0.3 is 18.1 Å². The number of nitrogens with zero attached hydrogens (tertiary/aromatic N) is 1. The highest BCUT2D eigenvalue weighted by Crippen LogP contribution is 2.20. The Morgan fingerprint density at radius 2 is 2.23 bits per heavy atom. The minimum absolute atomic E-state index is 0.00916. The molecule has 0 aromatic carbocycles. The summed E-state index contributed by atoms with van der Waals surface area (Å²) in [7, 11) is 0. The molecule has 0 N–H and O–H groups in total. The normalized spacial score (nSPS) is 11.1. The number of carbonyl (C=O) groups excluding carboxylic acids is 1.